The van der Waals surface area contributed by atoms with Crippen molar-refractivity contribution in [2.24, 2.45) is 17.8 Å². The van der Waals surface area contributed by atoms with E-state index >= 15 is 0 Å². The molecular weight excluding hydrogens is 280 g/mol. The summed E-state index contributed by atoms with van der Waals surface area (Å²) >= 11 is 0. The van der Waals surface area contributed by atoms with Crippen LogP contribution in [0.2, 0.25) is 0 Å². The Hall–Kier alpha value is -1.62. The summed E-state index contributed by atoms with van der Waals surface area (Å²) < 4.78 is 0. The van der Waals surface area contributed by atoms with E-state index < -0.39 is 0 Å². The monoisotopic (exact) mass is 302 g/mol. The summed E-state index contributed by atoms with van der Waals surface area (Å²) in [5.74, 6) is 1.41. The number of carbonyl (C=O) groups excluding carboxylic acids is 1. The van der Waals surface area contributed by atoms with Gasteiger partial charge in [0.1, 0.15) is 0 Å². The van der Waals surface area contributed by atoms with Crippen LogP contribution in [0.1, 0.15) is 48.7 Å². The van der Waals surface area contributed by atoms with Crippen LogP contribution in [0.3, 0.4) is 0 Å². The smallest absolute Gasteiger partial charge is 0.254 e. The number of carbonyl (C=O) groups is 1. The Labute approximate surface area is 129 Å². The van der Waals surface area contributed by atoms with Crippen molar-refractivity contribution in [2.75, 3.05) is 6.54 Å². The second kappa shape index (κ2) is 4.69. The highest BCUT2D eigenvalue weighted by atomic mass is 16.3. The highest BCUT2D eigenvalue weighted by Crippen LogP contribution is 2.55. The lowest BCUT2D eigenvalue weighted by Gasteiger charge is -2.29. The van der Waals surface area contributed by atoms with Crippen molar-refractivity contribution in [3.05, 3.63) is 33.7 Å². The molecule has 1 saturated heterocycles. The number of rotatable bonds is 2. The van der Waals surface area contributed by atoms with Crippen LogP contribution in [0.5, 0.6) is 0 Å². The number of nitrogens with one attached hydrogen (secondary N) is 1. The molecule has 5 heteroatoms. The molecule has 2 saturated carbocycles. The molecular formula is C17H22N2O3. The first-order valence-electron chi connectivity index (χ1n) is 8.19. The standard InChI is InChI=1S/C17H22N2O3/c1-8(2)13-5-10(6-14(20)18-13)17(22)19-7-11-3-9-4-12(11)15(19)16(9)21/h5-6,8-9,11-12,15-16,21H,3-4,7H2,1-2H3,(H,18,20)/t9-,11-,12+,15+,16+/m0/s1. The van der Waals surface area contributed by atoms with Gasteiger partial charge in [0, 0.05) is 23.9 Å². The van der Waals surface area contributed by atoms with Gasteiger partial charge in [0.2, 0.25) is 5.56 Å². The number of aromatic amines is 1. The Morgan fingerprint density at radius 2 is 2.09 bits per heavy atom. The second-order valence-corrected chi connectivity index (χ2v) is 7.44. The lowest BCUT2D eigenvalue weighted by Crippen LogP contribution is -2.44. The van der Waals surface area contributed by atoms with Gasteiger partial charge in [0.15, 0.2) is 0 Å². The van der Waals surface area contributed by atoms with Crippen LogP contribution in [-0.4, -0.2) is 39.6 Å². The lowest BCUT2D eigenvalue weighted by molar-refractivity contribution is 0.0401. The molecule has 0 radical (unpaired) electrons. The molecule has 1 aliphatic heterocycles. The SMILES string of the molecule is CC(C)c1cc(C(=O)N2C[C@@H]3C[C@H]4C[C@H]3[C@@H]2[C@@H]4O)cc(=O)[nH]1. The van der Waals surface area contributed by atoms with E-state index in [0.29, 0.717) is 23.3 Å². The van der Waals surface area contributed by atoms with Gasteiger partial charge in [-0.1, -0.05) is 13.8 Å². The van der Waals surface area contributed by atoms with Gasteiger partial charge in [0.25, 0.3) is 5.91 Å². The molecule has 3 aliphatic rings. The molecule has 0 spiro atoms. The highest BCUT2D eigenvalue weighted by Gasteiger charge is 2.59. The van der Waals surface area contributed by atoms with Crippen LogP contribution in [0, 0.1) is 17.8 Å². The van der Waals surface area contributed by atoms with Gasteiger partial charge in [-0.05, 0) is 42.6 Å². The maximum atomic E-state index is 12.9. The van der Waals surface area contributed by atoms with Crippen LogP contribution in [0.25, 0.3) is 0 Å². The zero-order chi connectivity index (χ0) is 15.6. The summed E-state index contributed by atoms with van der Waals surface area (Å²) in [4.78, 5) is 29.3. The molecule has 5 atom stereocenters. The Morgan fingerprint density at radius 3 is 2.77 bits per heavy atom. The Bertz CT molecular complexity index is 679. The van der Waals surface area contributed by atoms with Crippen LogP contribution in [-0.2, 0) is 0 Å². The van der Waals surface area contributed by atoms with Crippen molar-refractivity contribution in [3.8, 4) is 0 Å². The molecule has 2 N–H and O–H groups in total. The summed E-state index contributed by atoms with van der Waals surface area (Å²) in [6.07, 6.45) is 1.70. The molecule has 118 valence electrons. The average Bonchev–Trinajstić information content (AvgIpc) is 3.07. The van der Waals surface area contributed by atoms with E-state index in [9.17, 15) is 14.7 Å². The predicted molar refractivity (Wildman–Crippen MR) is 81.7 cm³/mol. The first kappa shape index (κ1) is 14.0. The number of fused-ring (bicyclic) bond motifs is 1. The fraction of sp³-hybridized carbons (Fsp3) is 0.647. The highest BCUT2D eigenvalue weighted by molar-refractivity contribution is 5.94. The summed E-state index contributed by atoms with van der Waals surface area (Å²) in [5.41, 5.74) is 0.994. The molecule has 1 aromatic heterocycles. The number of nitrogens with zero attached hydrogens (tertiary/aromatic N) is 1. The molecule has 2 aliphatic carbocycles. The molecule has 5 nitrogen and oxygen atoms in total. The van der Waals surface area contributed by atoms with Crippen molar-refractivity contribution in [1.29, 1.82) is 0 Å². The zero-order valence-electron chi connectivity index (χ0n) is 13.0. The van der Waals surface area contributed by atoms with Crippen molar-refractivity contribution < 1.29 is 9.90 Å². The molecule has 1 amide bonds. The van der Waals surface area contributed by atoms with Crippen LogP contribution >= 0.6 is 0 Å². The molecule has 2 heterocycles. The number of aliphatic hydroxyl groups excluding tert-OH is 1. The van der Waals surface area contributed by atoms with E-state index in [-0.39, 0.29) is 29.5 Å². The van der Waals surface area contributed by atoms with Gasteiger partial charge in [-0.15, -0.1) is 0 Å². The largest absolute Gasteiger partial charge is 0.391 e. The molecule has 3 fully saturated rings. The third-order valence-corrected chi connectivity index (χ3v) is 5.84. The first-order chi connectivity index (χ1) is 10.5. The summed E-state index contributed by atoms with van der Waals surface area (Å²) in [5, 5.41) is 10.4. The Balaban J connectivity index is 1.67. The van der Waals surface area contributed by atoms with Crippen molar-refractivity contribution in [2.45, 2.75) is 44.8 Å². The van der Waals surface area contributed by atoms with Gasteiger partial charge in [-0.25, -0.2) is 0 Å². The van der Waals surface area contributed by atoms with Crippen LogP contribution in [0.15, 0.2) is 16.9 Å². The number of pyridine rings is 1. The minimum Gasteiger partial charge on any atom is -0.391 e. The zero-order valence-corrected chi connectivity index (χ0v) is 13.0. The average molecular weight is 302 g/mol. The minimum absolute atomic E-state index is 0.0435. The normalized spacial score (nSPS) is 35.6. The van der Waals surface area contributed by atoms with Gasteiger partial charge in [0.05, 0.1) is 12.1 Å². The summed E-state index contributed by atoms with van der Waals surface area (Å²) in [6, 6.07) is 3.12. The number of H-pyrrole nitrogens is 1. The van der Waals surface area contributed by atoms with Gasteiger partial charge in [-0.3, -0.25) is 9.59 Å². The Kier molecular flexibility index (Phi) is 2.98. The maximum Gasteiger partial charge on any atom is 0.254 e. The fourth-order valence-corrected chi connectivity index (χ4v) is 4.81. The van der Waals surface area contributed by atoms with Crippen LogP contribution in [0.4, 0.5) is 0 Å². The van der Waals surface area contributed by atoms with E-state index in [1.54, 1.807) is 6.07 Å². The third-order valence-electron chi connectivity index (χ3n) is 5.84. The molecule has 2 bridgehead atoms. The molecule has 1 aromatic rings. The molecule has 4 rings (SSSR count). The molecule has 0 aromatic carbocycles. The third kappa shape index (κ3) is 1.88. The molecule has 0 unspecified atom stereocenters. The maximum absolute atomic E-state index is 12.9. The number of likely N-dealkylation sites (tertiary alicyclic amines) is 1. The topological polar surface area (TPSA) is 73.4 Å². The number of hydrogen-bond donors (Lipinski definition) is 2. The van der Waals surface area contributed by atoms with Gasteiger partial charge < -0.3 is 15.0 Å². The number of amides is 1. The number of hydrogen-bond acceptors (Lipinski definition) is 3. The van der Waals surface area contributed by atoms with Crippen molar-refractivity contribution >= 4 is 5.91 Å². The van der Waals surface area contributed by atoms with Gasteiger partial charge in [-0.2, -0.15) is 0 Å². The minimum atomic E-state index is -0.390. The van der Waals surface area contributed by atoms with E-state index in [1.807, 2.05) is 18.7 Å². The lowest BCUT2D eigenvalue weighted by atomic mass is 9.88. The van der Waals surface area contributed by atoms with Crippen molar-refractivity contribution in [1.82, 2.24) is 9.88 Å². The molecule has 22 heavy (non-hydrogen) atoms. The first-order valence-corrected chi connectivity index (χ1v) is 8.19. The number of aromatic nitrogens is 1. The fourth-order valence-electron chi connectivity index (χ4n) is 4.81. The predicted octanol–water partition coefficient (Wildman–Crippen LogP) is 1.34. The van der Waals surface area contributed by atoms with Crippen molar-refractivity contribution in [3.63, 3.8) is 0 Å². The summed E-state index contributed by atoms with van der Waals surface area (Å²) in [7, 11) is 0. The van der Waals surface area contributed by atoms with E-state index in [0.717, 1.165) is 25.1 Å². The quantitative estimate of drug-likeness (QED) is 0.866. The summed E-state index contributed by atoms with van der Waals surface area (Å²) in [6.45, 7) is 4.70. The second-order valence-electron chi connectivity index (χ2n) is 7.44. The van der Waals surface area contributed by atoms with E-state index in [1.165, 1.54) is 6.07 Å². The number of aliphatic hydroxyl groups is 1. The Morgan fingerprint density at radius 1 is 1.32 bits per heavy atom. The van der Waals surface area contributed by atoms with E-state index in [4.69, 9.17) is 0 Å². The van der Waals surface area contributed by atoms with Crippen LogP contribution < -0.4 is 5.56 Å². The van der Waals surface area contributed by atoms with Gasteiger partial charge >= 0.3 is 0 Å². The van der Waals surface area contributed by atoms with E-state index in [2.05, 4.69) is 4.98 Å².